The Balaban J connectivity index is 1.60. The zero-order valence-corrected chi connectivity index (χ0v) is 17.3. The minimum absolute atomic E-state index is 0.0883. The van der Waals surface area contributed by atoms with E-state index in [1.54, 1.807) is 36.3 Å². The number of methoxy groups -OCH3 is 1. The zero-order valence-electron chi connectivity index (χ0n) is 17.3. The van der Waals surface area contributed by atoms with E-state index in [1.165, 1.54) is 12.1 Å². The molecule has 0 saturated carbocycles. The van der Waals surface area contributed by atoms with E-state index in [4.69, 9.17) is 4.74 Å². The van der Waals surface area contributed by atoms with Gasteiger partial charge in [-0.05, 0) is 61.2 Å². The molecule has 0 spiro atoms. The number of benzene rings is 3. The number of rotatable bonds is 7. The second-order valence-electron chi connectivity index (χ2n) is 7.65. The quantitative estimate of drug-likeness (QED) is 0.552. The highest BCUT2D eigenvalue weighted by Gasteiger charge is 2.42. The summed E-state index contributed by atoms with van der Waals surface area (Å²) in [5.41, 5.74) is 2.48. The molecule has 1 saturated heterocycles. The summed E-state index contributed by atoms with van der Waals surface area (Å²) in [6.45, 7) is 0. The summed E-state index contributed by atoms with van der Waals surface area (Å²) in [6, 6.07) is 20.3. The van der Waals surface area contributed by atoms with Crippen molar-refractivity contribution in [3.05, 3.63) is 89.7 Å². The summed E-state index contributed by atoms with van der Waals surface area (Å²) < 4.78 is 18.4. The summed E-state index contributed by atoms with van der Waals surface area (Å²) in [6.07, 6.45) is 2.30. The van der Waals surface area contributed by atoms with Crippen LogP contribution in [0.5, 0.6) is 11.5 Å². The highest BCUT2D eigenvalue weighted by Crippen LogP contribution is 2.40. The number of hydrogen-bond acceptors (Lipinski definition) is 3. The molecule has 5 nitrogen and oxygen atoms in total. The molecule has 1 aliphatic heterocycles. The molecule has 160 valence electrons. The van der Waals surface area contributed by atoms with Crippen molar-refractivity contribution in [3.8, 4) is 11.5 Å². The maximum Gasteiger partial charge on any atom is 0.322 e. The van der Waals surface area contributed by atoms with Crippen LogP contribution in [0.1, 0.15) is 30.0 Å². The normalized spacial score (nSPS) is 18.1. The molecular weight excluding hydrogens is 395 g/mol. The van der Waals surface area contributed by atoms with E-state index in [1.807, 2.05) is 36.4 Å². The van der Waals surface area contributed by atoms with Crippen LogP contribution in [0.2, 0.25) is 0 Å². The number of urea groups is 1. The third kappa shape index (κ3) is 4.48. The molecule has 1 aliphatic rings. The van der Waals surface area contributed by atoms with Gasteiger partial charge in [-0.15, -0.1) is 0 Å². The fraction of sp³-hybridized carbons (Fsp3) is 0.240. The number of aromatic hydroxyl groups is 1. The largest absolute Gasteiger partial charge is 0.507 e. The molecule has 6 heteroatoms. The first-order valence-corrected chi connectivity index (χ1v) is 10.3. The van der Waals surface area contributed by atoms with Gasteiger partial charge in [0.25, 0.3) is 0 Å². The lowest BCUT2D eigenvalue weighted by Crippen LogP contribution is -2.29. The van der Waals surface area contributed by atoms with Crippen LogP contribution in [0.15, 0.2) is 72.8 Å². The highest BCUT2D eigenvalue weighted by molar-refractivity contribution is 5.96. The molecule has 4 rings (SSSR count). The summed E-state index contributed by atoms with van der Waals surface area (Å²) in [4.78, 5) is 14.6. The Morgan fingerprint density at radius 2 is 1.81 bits per heavy atom. The van der Waals surface area contributed by atoms with Gasteiger partial charge >= 0.3 is 6.03 Å². The number of anilines is 1. The summed E-state index contributed by atoms with van der Waals surface area (Å²) in [5.74, 6) is 0.392. The summed E-state index contributed by atoms with van der Waals surface area (Å²) >= 11 is 0. The number of carbonyl (C=O) groups excluding carboxylic acids is 1. The van der Waals surface area contributed by atoms with Gasteiger partial charge in [0.1, 0.15) is 17.3 Å². The monoisotopic (exact) mass is 420 g/mol. The molecule has 2 amide bonds. The van der Waals surface area contributed by atoms with Crippen molar-refractivity contribution < 1.29 is 19.0 Å². The number of phenolic OH excluding ortho intramolecular Hbond substituents is 1. The van der Waals surface area contributed by atoms with E-state index in [2.05, 4.69) is 5.32 Å². The Morgan fingerprint density at radius 3 is 2.48 bits per heavy atom. The maximum atomic E-state index is 13.1. The topological polar surface area (TPSA) is 61.8 Å². The van der Waals surface area contributed by atoms with Crippen LogP contribution < -0.4 is 15.0 Å². The number of aryl methyl sites for hydroxylation is 1. The summed E-state index contributed by atoms with van der Waals surface area (Å²) in [7, 11) is 1.55. The Kier molecular flexibility index (Phi) is 6.07. The van der Waals surface area contributed by atoms with Gasteiger partial charge in [-0.25, -0.2) is 9.18 Å². The molecule has 1 fully saturated rings. The van der Waals surface area contributed by atoms with Crippen molar-refractivity contribution in [2.75, 3.05) is 12.0 Å². The van der Waals surface area contributed by atoms with Crippen molar-refractivity contribution >= 4 is 11.7 Å². The van der Waals surface area contributed by atoms with Crippen molar-refractivity contribution in [1.29, 1.82) is 0 Å². The summed E-state index contributed by atoms with van der Waals surface area (Å²) in [5, 5.41) is 13.8. The first kappa shape index (κ1) is 20.7. The minimum atomic E-state index is -0.367. The van der Waals surface area contributed by atoms with Crippen molar-refractivity contribution in [2.24, 2.45) is 0 Å². The Bertz CT molecular complexity index is 1040. The fourth-order valence-corrected chi connectivity index (χ4v) is 4.14. The first-order valence-electron chi connectivity index (χ1n) is 10.3. The van der Waals surface area contributed by atoms with E-state index in [9.17, 15) is 14.3 Å². The van der Waals surface area contributed by atoms with Crippen LogP contribution in [0.3, 0.4) is 0 Å². The third-order valence-electron chi connectivity index (χ3n) is 5.67. The van der Waals surface area contributed by atoms with Crippen molar-refractivity contribution in [3.63, 3.8) is 0 Å². The SMILES string of the molecule is COc1ccc(C2C(CCCc3ccc(F)cc3)NC(=O)N2c2ccccc2)c(O)c1. The van der Waals surface area contributed by atoms with E-state index >= 15 is 0 Å². The van der Waals surface area contributed by atoms with Crippen molar-refractivity contribution in [1.82, 2.24) is 5.32 Å². The standard InChI is InChI=1S/C25H25FN2O3/c1-31-20-14-15-21(23(29)16-20)24-22(9-5-6-17-10-12-18(26)13-11-17)27-25(30)28(24)19-7-3-2-4-8-19/h2-4,7-8,10-16,22,24,29H,5-6,9H2,1H3,(H,27,30). The van der Waals surface area contributed by atoms with E-state index < -0.39 is 0 Å². The minimum Gasteiger partial charge on any atom is -0.507 e. The highest BCUT2D eigenvalue weighted by atomic mass is 19.1. The molecule has 2 atom stereocenters. The first-order chi connectivity index (χ1) is 15.1. The van der Waals surface area contributed by atoms with Gasteiger partial charge < -0.3 is 15.2 Å². The number of hydrogen-bond donors (Lipinski definition) is 2. The number of phenols is 1. The second kappa shape index (κ2) is 9.08. The number of halogens is 1. The molecule has 1 heterocycles. The number of amides is 2. The fourth-order valence-electron chi connectivity index (χ4n) is 4.14. The van der Waals surface area contributed by atoms with E-state index in [0.29, 0.717) is 17.7 Å². The van der Waals surface area contributed by atoms with Gasteiger partial charge in [0.05, 0.1) is 19.2 Å². The van der Waals surface area contributed by atoms with Crippen LogP contribution >= 0.6 is 0 Å². The number of nitrogens with zero attached hydrogens (tertiary/aromatic N) is 1. The molecule has 0 bridgehead atoms. The maximum absolute atomic E-state index is 13.1. The third-order valence-corrected chi connectivity index (χ3v) is 5.67. The van der Waals surface area contributed by atoms with Crippen LogP contribution in [0.4, 0.5) is 14.9 Å². The molecule has 3 aromatic carbocycles. The predicted molar refractivity (Wildman–Crippen MR) is 118 cm³/mol. The average Bonchev–Trinajstić information content (AvgIpc) is 3.11. The molecule has 3 aromatic rings. The van der Waals surface area contributed by atoms with E-state index in [-0.39, 0.29) is 29.7 Å². The van der Waals surface area contributed by atoms with Gasteiger partial charge in [0.15, 0.2) is 0 Å². The lowest BCUT2D eigenvalue weighted by molar-refractivity contribution is 0.250. The molecule has 2 N–H and O–H groups in total. The Morgan fingerprint density at radius 1 is 1.06 bits per heavy atom. The van der Waals surface area contributed by atoms with Crippen LogP contribution in [-0.2, 0) is 6.42 Å². The van der Waals surface area contributed by atoms with Gasteiger partial charge in [-0.2, -0.15) is 0 Å². The lowest BCUT2D eigenvalue weighted by Gasteiger charge is -2.28. The Hall–Kier alpha value is -3.54. The van der Waals surface area contributed by atoms with Gasteiger partial charge in [0, 0.05) is 17.3 Å². The Labute approximate surface area is 181 Å². The molecule has 0 radical (unpaired) electrons. The van der Waals surface area contributed by atoms with Gasteiger partial charge in [0.2, 0.25) is 0 Å². The van der Waals surface area contributed by atoms with E-state index in [0.717, 1.165) is 24.1 Å². The second-order valence-corrected chi connectivity index (χ2v) is 7.65. The van der Waals surface area contributed by atoms with Crippen LogP contribution in [0.25, 0.3) is 0 Å². The number of ether oxygens (including phenoxy) is 1. The average molecular weight is 420 g/mol. The van der Waals surface area contributed by atoms with Crippen LogP contribution in [0, 0.1) is 5.82 Å². The molecule has 31 heavy (non-hydrogen) atoms. The van der Waals surface area contributed by atoms with Crippen LogP contribution in [-0.4, -0.2) is 24.3 Å². The van der Waals surface area contributed by atoms with Gasteiger partial charge in [-0.1, -0.05) is 30.3 Å². The molecule has 0 aliphatic carbocycles. The molecule has 2 unspecified atom stereocenters. The number of carbonyl (C=O) groups is 1. The number of para-hydroxylation sites is 1. The zero-order chi connectivity index (χ0) is 21.8. The smallest absolute Gasteiger partial charge is 0.322 e. The molecular formula is C25H25FN2O3. The molecule has 0 aromatic heterocycles. The predicted octanol–water partition coefficient (Wildman–Crippen LogP) is 5.20. The van der Waals surface area contributed by atoms with Gasteiger partial charge in [-0.3, -0.25) is 4.90 Å². The van der Waals surface area contributed by atoms with Crippen molar-refractivity contribution in [2.45, 2.75) is 31.3 Å². The number of nitrogens with one attached hydrogen (secondary N) is 1. The lowest BCUT2D eigenvalue weighted by atomic mass is 9.93.